The Bertz CT molecular complexity index is 1250. The lowest BCUT2D eigenvalue weighted by Crippen LogP contribution is -2.45. The van der Waals surface area contributed by atoms with Crippen LogP contribution in [0.5, 0.6) is 0 Å². The lowest BCUT2D eigenvalue weighted by Gasteiger charge is -2.29. The number of aryl methyl sites for hydroxylation is 1. The molecule has 35 heavy (non-hydrogen) atoms. The highest BCUT2D eigenvalue weighted by Gasteiger charge is 2.53. The molecule has 12 heteroatoms. The van der Waals surface area contributed by atoms with Gasteiger partial charge in [-0.15, -0.1) is 0 Å². The summed E-state index contributed by atoms with van der Waals surface area (Å²) in [6, 6.07) is 3.46. The molecule has 5 N–H and O–H groups in total. The van der Waals surface area contributed by atoms with Crippen molar-refractivity contribution in [1.82, 2.24) is 14.8 Å². The molecule has 5 rings (SSSR count). The molecule has 1 amide bonds. The van der Waals surface area contributed by atoms with E-state index in [4.69, 9.17) is 16.2 Å². The number of nitrogens with zero attached hydrogens (tertiary/aromatic N) is 4. The molecule has 1 aliphatic carbocycles. The summed E-state index contributed by atoms with van der Waals surface area (Å²) >= 11 is 0.853. The summed E-state index contributed by atoms with van der Waals surface area (Å²) in [5.74, 6) is -1.40. The van der Waals surface area contributed by atoms with Gasteiger partial charge in [-0.1, -0.05) is 17.4 Å². The summed E-state index contributed by atoms with van der Waals surface area (Å²) in [7, 11) is 3.49. The number of rotatable bonds is 5. The number of aromatic nitrogens is 3. The molecule has 2 aromatic heterocycles. The molecule has 1 aliphatic heterocycles. The summed E-state index contributed by atoms with van der Waals surface area (Å²) in [4.78, 5) is 19.5. The highest BCUT2D eigenvalue weighted by molar-refractivity contribution is 7.19. The standard InChI is InChI=1S/C23H27F2N7O2S/c1-31-22(32-9-6-15(34-2)18(26)23(11-32)7-8-23)14(10-28-31)29-20(33)17-19(27)35-21(30-17)16-12(24)4-3-5-13(16)25/h3-5,10,15,18H,6-9,11,26-27H2,1-2H3,(H,29,33)/t15-,18-/m1/s1. The van der Waals surface area contributed by atoms with Crippen molar-refractivity contribution < 1.29 is 18.3 Å². The second-order valence-corrected chi connectivity index (χ2v) is 10.2. The van der Waals surface area contributed by atoms with Crippen molar-refractivity contribution in [3.05, 3.63) is 41.7 Å². The van der Waals surface area contributed by atoms with Gasteiger partial charge < -0.3 is 26.4 Å². The number of halogens is 2. The number of ether oxygens (including phenoxy) is 1. The quantitative estimate of drug-likeness (QED) is 0.489. The van der Waals surface area contributed by atoms with Crippen molar-refractivity contribution in [2.45, 2.75) is 31.4 Å². The van der Waals surface area contributed by atoms with Gasteiger partial charge in [-0.25, -0.2) is 13.8 Å². The van der Waals surface area contributed by atoms with Gasteiger partial charge in [-0.2, -0.15) is 5.10 Å². The lowest BCUT2D eigenvalue weighted by atomic mass is 9.92. The van der Waals surface area contributed by atoms with E-state index in [1.165, 1.54) is 6.07 Å². The minimum atomic E-state index is -0.775. The number of methoxy groups -OCH3 is 1. The topological polar surface area (TPSA) is 124 Å². The molecule has 2 atom stereocenters. The minimum Gasteiger partial charge on any atom is -0.389 e. The maximum Gasteiger partial charge on any atom is 0.277 e. The molecule has 0 radical (unpaired) electrons. The summed E-state index contributed by atoms with van der Waals surface area (Å²) in [6.07, 6.45) is 4.31. The molecule has 1 spiro atoms. The van der Waals surface area contributed by atoms with Crippen molar-refractivity contribution in [1.29, 1.82) is 0 Å². The van der Waals surface area contributed by atoms with Crippen molar-refractivity contribution in [3.8, 4) is 10.6 Å². The Balaban J connectivity index is 1.41. The van der Waals surface area contributed by atoms with E-state index in [1.807, 2.05) is 0 Å². The smallest absolute Gasteiger partial charge is 0.277 e. The molecule has 1 saturated carbocycles. The van der Waals surface area contributed by atoms with Crippen LogP contribution in [0.1, 0.15) is 29.8 Å². The van der Waals surface area contributed by atoms with E-state index >= 15 is 0 Å². The zero-order valence-corrected chi connectivity index (χ0v) is 20.2. The van der Waals surface area contributed by atoms with Crippen LogP contribution in [0, 0.1) is 17.0 Å². The zero-order valence-electron chi connectivity index (χ0n) is 19.4. The molecule has 9 nitrogen and oxygen atoms in total. The summed E-state index contributed by atoms with van der Waals surface area (Å²) in [5.41, 5.74) is 12.6. The Labute approximate surface area is 205 Å². The number of benzene rings is 1. The minimum absolute atomic E-state index is 0.00236. The second-order valence-electron chi connectivity index (χ2n) is 9.16. The van der Waals surface area contributed by atoms with Crippen LogP contribution in [0.25, 0.3) is 10.6 Å². The van der Waals surface area contributed by atoms with Gasteiger partial charge in [0.15, 0.2) is 11.5 Å². The van der Waals surface area contributed by atoms with Gasteiger partial charge in [0.2, 0.25) is 0 Å². The molecule has 0 unspecified atom stereocenters. The Morgan fingerprint density at radius 2 is 2.03 bits per heavy atom. The van der Waals surface area contributed by atoms with Gasteiger partial charge in [-0.3, -0.25) is 9.48 Å². The first kappa shape index (κ1) is 23.6. The molecular formula is C23H27F2N7O2S. The van der Waals surface area contributed by atoms with Crippen molar-refractivity contribution in [2.75, 3.05) is 36.1 Å². The SMILES string of the molecule is CO[C@@H]1CCN(c2c(NC(=O)c3nc(-c4c(F)cccc4F)sc3N)cnn2C)CC2(CC2)[C@@H]1N. The molecule has 0 bridgehead atoms. The number of anilines is 3. The third-order valence-corrected chi connectivity index (χ3v) is 7.89. The predicted molar refractivity (Wildman–Crippen MR) is 130 cm³/mol. The lowest BCUT2D eigenvalue weighted by molar-refractivity contribution is 0.0604. The van der Waals surface area contributed by atoms with Gasteiger partial charge in [0.1, 0.15) is 27.3 Å². The van der Waals surface area contributed by atoms with Crippen LogP contribution in [0.3, 0.4) is 0 Å². The third-order valence-electron chi connectivity index (χ3n) is 6.99. The number of hydrogen-bond donors (Lipinski definition) is 3. The number of hydrogen-bond acceptors (Lipinski definition) is 8. The van der Waals surface area contributed by atoms with Crippen LogP contribution < -0.4 is 21.7 Å². The first-order valence-electron chi connectivity index (χ1n) is 11.3. The van der Waals surface area contributed by atoms with E-state index in [0.717, 1.165) is 55.1 Å². The normalized spacial score (nSPS) is 21.2. The van der Waals surface area contributed by atoms with Gasteiger partial charge in [0, 0.05) is 38.7 Å². The number of nitrogens with two attached hydrogens (primary N) is 2. The molecular weight excluding hydrogens is 476 g/mol. The van der Waals surface area contributed by atoms with E-state index in [2.05, 4.69) is 20.3 Å². The van der Waals surface area contributed by atoms with Crippen LogP contribution >= 0.6 is 11.3 Å². The molecule has 2 fully saturated rings. The first-order valence-corrected chi connectivity index (χ1v) is 12.1. The van der Waals surface area contributed by atoms with Gasteiger partial charge in [0.05, 0.1) is 17.9 Å². The van der Waals surface area contributed by atoms with Crippen molar-refractivity contribution in [3.63, 3.8) is 0 Å². The number of nitrogens with one attached hydrogen (secondary N) is 1. The summed E-state index contributed by atoms with van der Waals surface area (Å²) in [6.45, 7) is 1.41. The molecule has 186 valence electrons. The van der Waals surface area contributed by atoms with Crippen molar-refractivity contribution in [2.24, 2.45) is 18.2 Å². The fraction of sp³-hybridized carbons (Fsp3) is 0.435. The zero-order chi connectivity index (χ0) is 24.9. The maximum atomic E-state index is 14.2. The highest BCUT2D eigenvalue weighted by Crippen LogP contribution is 2.52. The van der Waals surface area contributed by atoms with E-state index in [1.54, 1.807) is 25.0 Å². The molecule has 2 aliphatic rings. The Hall–Kier alpha value is -3.09. The van der Waals surface area contributed by atoms with Crippen LogP contribution in [0.15, 0.2) is 24.4 Å². The Kier molecular flexibility index (Phi) is 5.98. The molecule has 3 heterocycles. The van der Waals surface area contributed by atoms with E-state index in [9.17, 15) is 13.6 Å². The van der Waals surface area contributed by atoms with Crippen LogP contribution in [-0.2, 0) is 11.8 Å². The number of carbonyl (C=O) groups is 1. The molecule has 3 aromatic rings. The van der Waals surface area contributed by atoms with Gasteiger partial charge >= 0.3 is 0 Å². The first-order chi connectivity index (χ1) is 16.7. The summed E-state index contributed by atoms with van der Waals surface area (Å²) < 4.78 is 35.8. The largest absolute Gasteiger partial charge is 0.389 e. The molecule has 1 saturated heterocycles. The monoisotopic (exact) mass is 503 g/mol. The average Bonchev–Trinajstić information content (AvgIpc) is 3.41. The number of carbonyl (C=O) groups excluding carboxylic acids is 1. The van der Waals surface area contributed by atoms with Crippen LogP contribution in [0.4, 0.5) is 25.3 Å². The van der Waals surface area contributed by atoms with E-state index < -0.39 is 17.5 Å². The number of thiazole rings is 1. The van der Waals surface area contributed by atoms with E-state index in [0.29, 0.717) is 12.2 Å². The van der Waals surface area contributed by atoms with Crippen molar-refractivity contribution >= 4 is 33.8 Å². The third kappa shape index (κ3) is 4.15. The van der Waals surface area contributed by atoms with E-state index in [-0.39, 0.29) is 38.8 Å². The fourth-order valence-electron chi connectivity index (χ4n) is 4.90. The van der Waals surface area contributed by atoms with Crippen LogP contribution in [0.2, 0.25) is 0 Å². The Morgan fingerprint density at radius 1 is 1.31 bits per heavy atom. The number of nitrogen functional groups attached to an aromatic ring is 1. The highest BCUT2D eigenvalue weighted by atomic mass is 32.1. The summed E-state index contributed by atoms with van der Waals surface area (Å²) in [5, 5.41) is 7.24. The fourth-order valence-corrected chi connectivity index (χ4v) is 5.78. The number of amides is 1. The second kappa shape index (κ2) is 8.85. The van der Waals surface area contributed by atoms with Crippen LogP contribution in [-0.4, -0.2) is 53.0 Å². The van der Waals surface area contributed by atoms with Gasteiger partial charge in [-0.05, 0) is 31.4 Å². The Morgan fingerprint density at radius 3 is 2.69 bits per heavy atom. The average molecular weight is 504 g/mol. The van der Waals surface area contributed by atoms with Gasteiger partial charge in [0.25, 0.3) is 5.91 Å². The molecule has 1 aromatic carbocycles. The maximum absolute atomic E-state index is 14.2. The predicted octanol–water partition coefficient (Wildman–Crippen LogP) is 2.99.